The van der Waals surface area contributed by atoms with Crippen molar-refractivity contribution in [3.8, 4) is 11.5 Å². The molecule has 1 amide bonds. The number of benzene rings is 4. The zero-order chi connectivity index (χ0) is 26.3. The number of hydrogen-bond acceptors (Lipinski definition) is 5. The minimum absolute atomic E-state index is 0.230. The van der Waals surface area contributed by atoms with Crippen LogP contribution in [0.4, 0.5) is 5.69 Å². The fourth-order valence-electron chi connectivity index (χ4n) is 4.21. The van der Waals surface area contributed by atoms with E-state index in [1.807, 2.05) is 91.0 Å². The van der Waals surface area contributed by atoms with E-state index in [1.165, 1.54) is 0 Å². The predicted molar refractivity (Wildman–Crippen MR) is 146 cm³/mol. The summed E-state index contributed by atoms with van der Waals surface area (Å²) >= 11 is 0. The molecule has 37 heavy (non-hydrogen) atoms. The van der Waals surface area contributed by atoms with E-state index >= 15 is 0 Å². The molecule has 1 unspecified atom stereocenters. The molecule has 0 fully saturated rings. The van der Waals surface area contributed by atoms with Gasteiger partial charge in [0.15, 0.2) is 0 Å². The first-order chi connectivity index (χ1) is 18.0. The lowest BCUT2D eigenvalue weighted by Gasteiger charge is -2.36. The van der Waals surface area contributed by atoms with E-state index in [0.717, 1.165) is 33.8 Å². The fraction of sp³-hybridized carbons (Fsp3) is 0.194. The molecule has 3 N–H and O–H groups in total. The Labute approximate surface area is 218 Å². The number of nitrogens with one attached hydrogen (secondary N) is 1. The number of amides is 1. The van der Waals surface area contributed by atoms with Crippen LogP contribution in [0.5, 0.6) is 11.5 Å². The van der Waals surface area contributed by atoms with Crippen molar-refractivity contribution in [2.24, 2.45) is 5.73 Å². The van der Waals surface area contributed by atoms with Crippen LogP contribution in [0.25, 0.3) is 0 Å². The molecule has 1 atom stereocenters. The SMILES string of the molecule is COc1ccc(C(OCc2ccc(NC(=O)C(C)N)cc2)(c2ccccc2)c2ccc(OC)cc2)cc1. The van der Waals surface area contributed by atoms with Crippen LogP contribution < -0.4 is 20.5 Å². The average molecular weight is 497 g/mol. The molecule has 6 heteroatoms. The lowest BCUT2D eigenvalue weighted by atomic mass is 9.80. The third kappa shape index (κ3) is 5.82. The molecule has 4 aromatic rings. The van der Waals surface area contributed by atoms with Gasteiger partial charge in [0, 0.05) is 5.69 Å². The molecule has 0 heterocycles. The van der Waals surface area contributed by atoms with Crippen LogP contribution in [0.15, 0.2) is 103 Å². The molecule has 0 aliphatic carbocycles. The Morgan fingerprint density at radius 2 is 1.24 bits per heavy atom. The van der Waals surface area contributed by atoms with Crippen molar-refractivity contribution >= 4 is 11.6 Å². The van der Waals surface area contributed by atoms with Gasteiger partial charge in [0.1, 0.15) is 17.1 Å². The van der Waals surface area contributed by atoms with Gasteiger partial charge in [-0.15, -0.1) is 0 Å². The van der Waals surface area contributed by atoms with Crippen LogP contribution in [0, 0.1) is 0 Å². The summed E-state index contributed by atoms with van der Waals surface area (Å²) in [7, 11) is 3.30. The summed E-state index contributed by atoms with van der Waals surface area (Å²) in [5.74, 6) is 1.31. The van der Waals surface area contributed by atoms with Crippen LogP contribution in [0.1, 0.15) is 29.2 Å². The van der Waals surface area contributed by atoms with Crippen LogP contribution in [0.2, 0.25) is 0 Å². The first-order valence-electron chi connectivity index (χ1n) is 12.1. The van der Waals surface area contributed by atoms with E-state index < -0.39 is 11.6 Å². The molecule has 0 aromatic heterocycles. The Morgan fingerprint density at radius 1 is 0.757 bits per heavy atom. The van der Waals surface area contributed by atoms with Gasteiger partial charge in [-0.2, -0.15) is 0 Å². The van der Waals surface area contributed by atoms with Crippen LogP contribution in [-0.2, 0) is 21.7 Å². The number of anilines is 1. The van der Waals surface area contributed by atoms with Gasteiger partial charge < -0.3 is 25.3 Å². The number of hydrogen-bond donors (Lipinski definition) is 2. The van der Waals surface area contributed by atoms with Crippen molar-refractivity contribution < 1.29 is 19.0 Å². The third-order valence-corrected chi connectivity index (χ3v) is 6.26. The summed E-state index contributed by atoms with van der Waals surface area (Å²) in [4.78, 5) is 11.9. The van der Waals surface area contributed by atoms with E-state index in [9.17, 15) is 4.79 Å². The molecule has 190 valence electrons. The Kier molecular flexibility index (Phi) is 8.23. The molecule has 0 aliphatic heterocycles. The zero-order valence-corrected chi connectivity index (χ0v) is 21.3. The highest BCUT2D eigenvalue weighted by atomic mass is 16.5. The lowest BCUT2D eigenvalue weighted by Crippen LogP contribution is -2.33. The number of rotatable bonds is 10. The molecule has 0 spiro atoms. The molecular weight excluding hydrogens is 464 g/mol. The second kappa shape index (κ2) is 11.7. The van der Waals surface area contributed by atoms with Crippen molar-refractivity contribution in [1.82, 2.24) is 0 Å². The predicted octanol–water partition coefficient (Wildman–Crippen LogP) is 5.50. The number of carbonyl (C=O) groups is 1. The Balaban J connectivity index is 1.75. The van der Waals surface area contributed by atoms with Gasteiger partial charge in [-0.25, -0.2) is 0 Å². The van der Waals surface area contributed by atoms with Gasteiger partial charge in [0.25, 0.3) is 0 Å². The minimum Gasteiger partial charge on any atom is -0.497 e. The van der Waals surface area contributed by atoms with Crippen LogP contribution in [0.3, 0.4) is 0 Å². The van der Waals surface area contributed by atoms with Crippen LogP contribution in [-0.4, -0.2) is 26.2 Å². The molecule has 4 rings (SSSR count). The summed E-state index contributed by atoms with van der Waals surface area (Å²) < 4.78 is 17.7. The Morgan fingerprint density at radius 3 is 1.70 bits per heavy atom. The maximum atomic E-state index is 11.9. The van der Waals surface area contributed by atoms with Gasteiger partial charge in [-0.1, -0.05) is 66.7 Å². The van der Waals surface area contributed by atoms with Gasteiger partial charge >= 0.3 is 0 Å². The summed E-state index contributed by atoms with van der Waals surface area (Å²) in [5, 5.41) is 2.81. The number of ether oxygens (including phenoxy) is 3. The van der Waals surface area contributed by atoms with E-state index in [0.29, 0.717) is 12.3 Å². The maximum absolute atomic E-state index is 11.9. The van der Waals surface area contributed by atoms with Crippen molar-refractivity contribution in [2.75, 3.05) is 19.5 Å². The normalized spacial score (nSPS) is 12.0. The third-order valence-electron chi connectivity index (χ3n) is 6.26. The Hall–Kier alpha value is -4.13. The number of methoxy groups -OCH3 is 2. The molecule has 0 radical (unpaired) electrons. The zero-order valence-electron chi connectivity index (χ0n) is 21.3. The molecule has 0 bridgehead atoms. The average Bonchev–Trinajstić information content (AvgIpc) is 2.95. The van der Waals surface area contributed by atoms with Crippen LogP contribution >= 0.6 is 0 Å². The van der Waals surface area contributed by atoms with Crippen molar-refractivity contribution in [1.29, 1.82) is 0 Å². The highest BCUT2D eigenvalue weighted by Gasteiger charge is 2.38. The molecule has 0 aliphatic rings. The molecule has 6 nitrogen and oxygen atoms in total. The largest absolute Gasteiger partial charge is 0.497 e. The summed E-state index contributed by atoms with van der Waals surface area (Å²) in [5.41, 5.74) is 9.33. The smallest absolute Gasteiger partial charge is 0.240 e. The second-order valence-electron chi connectivity index (χ2n) is 8.77. The first kappa shape index (κ1) is 25.9. The highest BCUT2D eigenvalue weighted by molar-refractivity contribution is 5.94. The summed E-state index contributed by atoms with van der Waals surface area (Å²) in [6.45, 7) is 1.98. The molecule has 0 saturated carbocycles. The molecular formula is C31H32N2O4. The highest BCUT2D eigenvalue weighted by Crippen LogP contribution is 2.42. The van der Waals surface area contributed by atoms with Crippen molar-refractivity contribution in [2.45, 2.75) is 25.2 Å². The second-order valence-corrected chi connectivity index (χ2v) is 8.77. The lowest BCUT2D eigenvalue weighted by molar-refractivity contribution is -0.117. The van der Waals surface area contributed by atoms with Gasteiger partial charge in [-0.3, -0.25) is 4.79 Å². The summed E-state index contributed by atoms with van der Waals surface area (Å²) in [6.07, 6.45) is 0. The minimum atomic E-state index is -0.901. The number of nitrogens with two attached hydrogens (primary N) is 1. The fourth-order valence-corrected chi connectivity index (χ4v) is 4.21. The monoisotopic (exact) mass is 496 g/mol. The molecule has 0 saturated heterocycles. The quantitative estimate of drug-likeness (QED) is 0.283. The van der Waals surface area contributed by atoms with E-state index in [1.54, 1.807) is 21.1 Å². The first-order valence-corrected chi connectivity index (χ1v) is 12.1. The summed E-state index contributed by atoms with van der Waals surface area (Å²) in [6, 6.07) is 33.0. The van der Waals surface area contributed by atoms with Gasteiger partial charge in [0.2, 0.25) is 5.91 Å². The Bertz CT molecular complexity index is 1240. The number of carbonyl (C=O) groups excluding carboxylic acids is 1. The van der Waals surface area contributed by atoms with E-state index in [-0.39, 0.29) is 5.91 Å². The standard InChI is InChI=1S/C31H32N2O4/c1-22(32)30(34)33-27-15-9-23(10-16-27)21-37-31(24-7-5-4-6-8-24,25-11-17-28(35-2)18-12-25)26-13-19-29(36-3)20-14-26/h4-20,22H,21,32H2,1-3H3,(H,33,34). The maximum Gasteiger partial charge on any atom is 0.240 e. The van der Waals surface area contributed by atoms with Gasteiger partial charge in [0.05, 0.1) is 26.9 Å². The van der Waals surface area contributed by atoms with Gasteiger partial charge in [-0.05, 0) is 65.6 Å². The van der Waals surface area contributed by atoms with Crippen molar-refractivity contribution in [3.05, 3.63) is 125 Å². The van der Waals surface area contributed by atoms with E-state index in [4.69, 9.17) is 19.9 Å². The van der Waals surface area contributed by atoms with E-state index in [2.05, 4.69) is 17.4 Å². The topological polar surface area (TPSA) is 82.8 Å². The van der Waals surface area contributed by atoms with Crippen molar-refractivity contribution in [3.63, 3.8) is 0 Å². The molecule has 4 aromatic carbocycles.